The summed E-state index contributed by atoms with van der Waals surface area (Å²) in [5.41, 5.74) is 3.41. The van der Waals surface area contributed by atoms with Crippen LogP contribution in [0.1, 0.15) is 20.8 Å². The summed E-state index contributed by atoms with van der Waals surface area (Å²) in [7, 11) is 3.48. The molecule has 0 radical (unpaired) electrons. The van der Waals surface area contributed by atoms with Crippen LogP contribution in [0.15, 0.2) is 60.8 Å². The number of pyridine rings is 1. The Morgan fingerprint density at radius 1 is 1.00 bits per heavy atom. The second-order valence-corrected chi connectivity index (χ2v) is 8.31. The molecule has 0 atom stereocenters. The van der Waals surface area contributed by atoms with Crippen molar-refractivity contribution in [3.8, 4) is 11.5 Å². The quantitative estimate of drug-likeness (QED) is 0.430. The lowest BCUT2D eigenvalue weighted by Gasteiger charge is -2.26. The molecule has 3 heterocycles. The van der Waals surface area contributed by atoms with Crippen LogP contribution in [0.5, 0.6) is 11.5 Å². The number of amides is 2. The van der Waals surface area contributed by atoms with E-state index in [-0.39, 0.29) is 17.5 Å². The van der Waals surface area contributed by atoms with E-state index in [2.05, 4.69) is 15.6 Å². The van der Waals surface area contributed by atoms with Crippen molar-refractivity contribution in [2.75, 3.05) is 38.7 Å². The molecular formula is C26H26N6O4. The molecule has 1 fully saturated rings. The third kappa shape index (κ3) is 4.84. The second kappa shape index (κ2) is 10.0. The molecule has 2 amide bonds. The monoisotopic (exact) mass is 486 g/mol. The van der Waals surface area contributed by atoms with Crippen molar-refractivity contribution in [2.24, 2.45) is 7.05 Å². The van der Waals surface area contributed by atoms with Gasteiger partial charge in [0.1, 0.15) is 17.2 Å². The molecule has 10 nitrogen and oxygen atoms in total. The number of aryl methyl sites for hydroxylation is 1. The second-order valence-electron chi connectivity index (χ2n) is 8.31. The van der Waals surface area contributed by atoms with Gasteiger partial charge in [-0.25, -0.2) is 4.98 Å². The highest BCUT2D eigenvalue weighted by Crippen LogP contribution is 2.28. The van der Waals surface area contributed by atoms with Crippen LogP contribution in [-0.4, -0.2) is 64.6 Å². The number of morpholine rings is 1. The van der Waals surface area contributed by atoms with Gasteiger partial charge in [-0.05, 0) is 42.5 Å². The average Bonchev–Trinajstić information content (AvgIpc) is 3.23. The molecule has 1 aliphatic heterocycles. The van der Waals surface area contributed by atoms with Crippen molar-refractivity contribution >= 4 is 34.5 Å². The highest BCUT2D eigenvalue weighted by molar-refractivity contribution is 5.95. The Kier molecular flexibility index (Phi) is 6.50. The fourth-order valence-electron chi connectivity index (χ4n) is 3.99. The minimum absolute atomic E-state index is 0.0109. The Balaban J connectivity index is 1.31. The number of rotatable bonds is 6. The first-order valence-corrected chi connectivity index (χ1v) is 11.6. The summed E-state index contributed by atoms with van der Waals surface area (Å²) >= 11 is 0. The average molecular weight is 487 g/mol. The molecule has 0 aliphatic carbocycles. The summed E-state index contributed by atoms with van der Waals surface area (Å²) < 4.78 is 13.2. The predicted molar refractivity (Wildman–Crippen MR) is 135 cm³/mol. The number of hydrogen-bond donors (Lipinski definition) is 2. The molecule has 184 valence electrons. The van der Waals surface area contributed by atoms with Crippen molar-refractivity contribution in [2.45, 2.75) is 0 Å². The van der Waals surface area contributed by atoms with E-state index in [0.29, 0.717) is 49.3 Å². The van der Waals surface area contributed by atoms with Gasteiger partial charge in [0.15, 0.2) is 0 Å². The molecule has 2 N–H and O–H groups in total. The van der Waals surface area contributed by atoms with Gasteiger partial charge in [0, 0.05) is 56.8 Å². The topological polar surface area (TPSA) is 111 Å². The Hall–Kier alpha value is -4.44. The van der Waals surface area contributed by atoms with Crippen molar-refractivity contribution < 1.29 is 19.1 Å². The summed E-state index contributed by atoms with van der Waals surface area (Å²) in [4.78, 5) is 35.1. The van der Waals surface area contributed by atoms with Gasteiger partial charge >= 0.3 is 0 Å². The van der Waals surface area contributed by atoms with Gasteiger partial charge < -0.3 is 29.6 Å². The minimum Gasteiger partial charge on any atom is -0.457 e. The number of nitrogens with zero attached hydrogens (tertiary/aromatic N) is 4. The molecule has 0 unspecified atom stereocenters. The van der Waals surface area contributed by atoms with E-state index < -0.39 is 0 Å². The number of anilines is 2. The minimum atomic E-state index is -0.283. The Morgan fingerprint density at radius 2 is 1.75 bits per heavy atom. The number of benzene rings is 2. The normalized spacial score (nSPS) is 13.4. The van der Waals surface area contributed by atoms with Gasteiger partial charge in [-0.3, -0.25) is 14.6 Å². The SMILES string of the molecule is CNC(=O)c1cc(Oc2ccc3c(c2)nc(Nc2ccc(C(=O)N4CCOCC4)cc2)n3C)ccn1. The van der Waals surface area contributed by atoms with E-state index in [1.165, 1.54) is 6.20 Å². The molecule has 2 aromatic heterocycles. The highest BCUT2D eigenvalue weighted by Gasteiger charge is 2.18. The van der Waals surface area contributed by atoms with Crippen LogP contribution in [-0.2, 0) is 11.8 Å². The molecule has 4 aromatic rings. The van der Waals surface area contributed by atoms with Crippen LogP contribution < -0.4 is 15.4 Å². The first-order valence-electron chi connectivity index (χ1n) is 11.6. The molecule has 0 spiro atoms. The number of aromatic nitrogens is 3. The zero-order valence-electron chi connectivity index (χ0n) is 20.0. The van der Waals surface area contributed by atoms with Crippen LogP contribution in [0.3, 0.4) is 0 Å². The van der Waals surface area contributed by atoms with E-state index in [0.717, 1.165) is 16.7 Å². The third-order valence-corrected chi connectivity index (χ3v) is 5.97. The molecule has 0 saturated carbocycles. The smallest absolute Gasteiger partial charge is 0.269 e. The number of ether oxygens (including phenoxy) is 2. The van der Waals surface area contributed by atoms with Crippen molar-refractivity contribution in [1.82, 2.24) is 24.8 Å². The van der Waals surface area contributed by atoms with Gasteiger partial charge in [-0.15, -0.1) is 0 Å². The maximum Gasteiger partial charge on any atom is 0.269 e. The van der Waals surface area contributed by atoms with Crippen LogP contribution in [0, 0.1) is 0 Å². The molecule has 2 aromatic carbocycles. The summed E-state index contributed by atoms with van der Waals surface area (Å²) in [6, 6.07) is 16.3. The fourth-order valence-corrected chi connectivity index (χ4v) is 3.99. The van der Waals surface area contributed by atoms with Crippen molar-refractivity contribution in [1.29, 1.82) is 0 Å². The Bertz CT molecular complexity index is 1410. The van der Waals surface area contributed by atoms with Crippen molar-refractivity contribution in [3.63, 3.8) is 0 Å². The Morgan fingerprint density at radius 3 is 2.50 bits per heavy atom. The van der Waals surface area contributed by atoms with E-state index in [9.17, 15) is 9.59 Å². The van der Waals surface area contributed by atoms with Gasteiger partial charge in [0.2, 0.25) is 5.95 Å². The first kappa shape index (κ1) is 23.3. The zero-order chi connectivity index (χ0) is 25.1. The van der Waals surface area contributed by atoms with E-state index >= 15 is 0 Å². The van der Waals surface area contributed by atoms with Crippen molar-refractivity contribution in [3.05, 3.63) is 72.1 Å². The lowest BCUT2D eigenvalue weighted by molar-refractivity contribution is 0.0303. The Labute approximate surface area is 207 Å². The molecule has 1 saturated heterocycles. The number of hydrogen-bond acceptors (Lipinski definition) is 7. The van der Waals surface area contributed by atoms with E-state index in [1.807, 2.05) is 59.0 Å². The molecule has 10 heteroatoms. The van der Waals surface area contributed by atoms with Gasteiger partial charge in [0.05, 0.1) is 24.2 Å². The summed E-state index contributed by atoms with van der Waals surface area (Å²) in [5.74, 6) is 1.47. The standard InChI is InChI=1S/C26H26N6O4/c1-27-24(33)22-16-20(9-10-28-22)36-19-7-8-23-21(15-19)30-26(31(23)2)29-18-5-3-17(4-6-18)25(34)32-11-13-35-14-12-32/h3-10,15-16H,11-14H2,1-2H3,(H,27,33)(H,29,30). The lowest BCUT2D eigenvalue weighted by atomic mass is 10.1. The van der Waals surface area contributed by atoms with Gasteiger partial charge in [-0.2, -0.15) is 0 Å². The predicted octanol–water partition coefficient (Wildman–Crippen LogP) is 3.34. The molecule has 0 bridgehead atoms. The molecule has 5 rings (SSSR count). The summed E-state index contributed by atoms with van der Waals surface area (Å²) in [6.45, 7) is 2.37. The fraction of sp³-hybridized carbons (Fsp3) is 0.231. The van der Waals surface area contributed by atoms with Gasteiger partial charge in [0.25, 0.3) is 11.8 Å². The molecule has 36 heavy (non-hydrogen) atoms. The largest absolute Gasteiger partial charge is 0.457 e. The lowest BCUT2D eigenvalue weighted by Crippen LogP contribution is -2.40. The zero-order valence-corrected chi connectivity index (χ0v) is 20.0. The number of carbonyl (C=O) groups is 2. The number of imidazole rings is 1. The highest BCUT2D eigenvalue weighted by atomic mass is 16.5. The third-order valence-electron chi connectivity index (χ3n) is 5.97. The van der Waals surface area contributed by atoms with E-state index in [1.54, 1.807) is 19.2 Å². The van der Waals surface area contributed by atoms with Crippen LogP contribution in [0.25, 0.3) is 11.0 Å². The number of nitrogens with one attached hydrogen (secondary N) is 2. The van der Waals surface area contributed by atoms with Crippen LogP contribution >= 0.6 is 0 Å². The molecule has 1 aliphatic rings. The maximum absolute atomic E-state index is 12.7. The van der Waals surface area contributed by atoms with Crippen LogP contribution in [0.2, 0.25) is 0 Å². The number of carbonyl (C=O) groups excluding carboxylic acids is 2. The summed E-state index contributed by atoms with van der Waals surface area (Å²) in [6.07, 6.45) is 1.53. The van der Waals surface area contributed by atoms with E-state index in [4.69, 9.17) is 14.5 Å². The number of fused-ring (bicyclic) bond motifs is 1. The van der Waals surface area contributed by atoms with Crippen LogP contribution in [0.4, 0.5) is 11.6 Å². The summed E-state index contributed by atoms with van der Waals surface area (Å²) in [5, 5.41) is 5.87. The first-order chi connectivity index (χ1) is 17.5. The maximum atomic E-state index is 12.7. The van der Waals surface area contributed by atoms with Gasteiger partial charge in [-0.1, -0.05) is 0 Å². The molecular weight excluding hydrogens is 460 g/mol.